The quantitative estimate of drug-likeness (QED) is 0.489. The van der Waals surface area contributed by atoms with Crippen molar-refractivity contribution in [1.82, 2.24) is 10.6 Å². The highest BCUT2D eigenvalue weighted by molar-refractivity contribution is 5.81. The summed E-state index contributed by atoms with van der Waals surface area (Å²) in [7, 11) is 0. The van der Waals surface area contributed by atoms with Gasteiger partial charge in [0.25, 0.3) is 0 Å². The van der Waals surface area contributed by atoms with Crippen molar-refractivity contribution < 1.29 is 19.8 Å². The molecule has 0 aliphatic heterocycles. The minimum absolute atomic E-state index is 0.182. The third-order valence-corrected chi connectivity index (χ3v) is 2.29. The van der Waals surface area contributed by atoms with Crippen LogP contribution < -0.4 is 10.6 Å². The highest BCUT2D eigenvalue weighted by atomic mass is 16.4. The number of aliphatic carboxylic acids is 1. The summed E-state index contributed by atoms with van der Waals surface area (Å²) in [5.74, 6) is -1.17. The summed E-state index contributed by atoms with van der Waals surface area (Å²) in [6, 6.07) is -0.542. The Balaban J connectivity index is 4.05. The maximum atomic E-state index is 11.5. The predicted molar refractivity (Wildman–Crippen MR) is 63.6 cm³/mol. The van der Waals surface area contributed by atoms with E-state index in [0.717, 1.165) is 0 Å². The molecule has 0 fully saturated rings. The minimum Gasteiger partial charge on any atom is -0.479 e. The molecule has 0 rings (SSSR count). The molecule has 0 aromatic heterocycles. The van der Waals surface area contributed by atoms with Gasteiger partial charge in [-0.05, 0) is 19.8 Å². The summed E-state index contributed by atoms with van der Waals surface area (Å²) in [6.07, 6.45) is 0. The van der Waals surface area contributed by atoms with Crippen molar-refractivity contribution in [1.29, 1.82) is 0 Å². The Kier molecular flexibility index (Phi) is 6.12. The van der Waals surface area contributed by atoms with Gasteiger partial charge >= 0.3 is 5.97 Å². The first-order valence-corrected chi connectivity index (χ1v) is 5.63. The number of aliphatic hydroxyl groups is 1. The molecular weight excluding hydrogens is 224 g/mol. The lowest BCUT2D eigenvalue weighted by Crippen LogP contribution is -2.51. The average Bonchev–Trinajstić information content (AvgIpc) is 2.22. The van der Waals surface area contributed by atoms with Gasteiger partial charge in [-0.25, -0.2) is 4.79 Å². The van der Waals surface area contributed by atoms with Crippen LogP contribution in [-0.4, -0.2) is 46.8 Å². The fraction of sp³-hybridized carbons (Fsp3) is 0.818. The van der Waals surface area contributed by atoms with E-state index in [4.69, 9.17) is 5.11 Å². The largest absolute Gasteiger partial charge is 0.479 e. The van der Waals surface area contributed by atoms with Crippen molar-refractivity contribution in [2.45, 2.75) is 39.3 Å². The minimum atomic E-state index is -1.87. The van der Waals surface area contributed by atoms with Crippen LogP contribution in [0.4, 0.5) is 0 Å². The van der Waals surface area contributed by atoms with Gasteiger partial charge in [0, 0.05) is 13.1 Å². The van der Waals surface area contributed by atoms with Gasteiger partial charge in [0.05, 0.1) is 6.04 Å². The molecule has 4 N–H and O–H groups in total. The van der Waals surface area contributed by atoms with E-state index in [1.165, 1.54) is 6.92 Å². The third-order valence-electron chi connectivity index (χ3n) is 2.29. The zero-order chi connectivity index (χ0) is 13.6. The fourth-order valence-corrected chi connectivity index (χ4v) is 0.978. The molecule has 0 aromatic rings. The Hall–Kier alpha value is -1.14. The van der Waals surface area contributed by atoms with Crippen molar-refractivity contribution >= 4 is 11.9 Å². The Morgan fingerprint density at radius 1 is 1.29 bits per heavy atom. The molecule has 6 nitrogen and oxygen atoms in total. The van der Waals surface area contributed by atoms with Crippen LogP contribution in [0.25, 0.3) is 0 Å². The topological polar surface area (TPSA) is 98.7 Å². The van der Waals surface area contributed by atoms with Crippen LogP contribution in [-0.2, 0) is 9.59 Å². The molecule has 0 aliphatic rings. The summed E-state index contributed by atoms with van der Waals surface area (Å²) in [5.41, 5.74) is -1.87. The van der Waals surface area contributed by atoms with Gasteiger partial charge in [0.1, 0.15) is 0 Å². The van der Waals surface area contributed by atoms with E-state index < -0.39 is 17.6 Å². The second-order valence-electron chi connectivity index (χ2n) is 4.82. The first kappa shape index (κ1) is 15.9. The summed E-state index contributed by atoms with van der Waals surface area (Å²) < 4.78 is 0. The van der Waals surface area contributed by atoms with Crippen LogP contribution in [0, 0.1) is 5.92 Å². The monoisotopic (exact) mass is 246 g/mol. The smallest absolute Gasteiger partial charge is 0.336 e. The van der Waals surface area contributed by atoms with Crippen LogP contribution in [0.3, 0.4) is 0 Å². The first-order valence-electron chi connectivity index (χ1n) is 5.63. The van der Waals surface area contributed by atoms with Crippen molar-refractivity contribution in [2.24, 2.45) is 5.92 Å². The number of amides is 1. The Morgan fingerprint density at radius 3 is 2.24 bits per heavy atom. The van der Waals surface area contributed by atoms with Crippen molar-refractivity contribution in [2.75, 3.05) is 13.1 Å². The van der Waals surface area contributed by atoms with Crippen molar-refractivity contribution in [3.05, 3.63) is 0 Å². The van der Waals surface area contributed by atoms with Crippen LogP contribution >= 0.6 is 0 Å². The number of hydrogen-bond acceptors (Lipinski definition) is 4. The number of hydrogen-bond donors (Lipinski definition) is 4. The molecule has 6 heteroatoms. The van der Waals surface area contributed by atoms with E-state index >= 15 is 0 Å². The predicted octanol–water partition coefficient (Wildman–Crippen LogP) is -0.428. The average molecular weight is 246 g/mol. The number of carbonyl (C=O) groups is 2. The maximum absolute atomic E-state index is 11.5. The molecule has 0 heterocycles. The molecule has 2 unspecified atom stereocenters. The molecule has 0 aromatic carbocycles. The van der Waals surface area contributed by atoms with E-state index in [2.05, 4.69) is 10.6 Å². The molecule has 0 spiro atoms. The lowest BCUT2D eigenvalue weighted by molar-refractivity contribution is -0.156. The molecule has 0 saturated carbocycles. The zero-order valence-corrected chi connectivity index (χ0v) is 10.8. The Labute approximate surface area is 101 Å². The van der Waals surface area contributed by atoms with E-state index in [9.17, 15) is 14.7 Å². The van der Waals surface area contributed by atoms with Gasteiger partial charge in [0.2, 0.25) is 5.91 Å². The molecule has 17 heavy (non-hydrogen) atoms. The Bertz CT molecular complexity index is 277. The molecule has 0 bridgehead atoms. The number of nitrogens with one attached hydrogen (secondary N) is 2. The van der Waals surface area contributed by atoms with Crippen molar-refractivity contribution in [3.63, 3.8) is 0 Å². The van der Waals surface area contributed by atoms with E-state index in [1.54, 1.807) is 6.92 Å². The fourth-order valence-electron chi connectivity index (χ4n) is 0.978. The molecule has 1 amide bonds. The standard InChI is InChI=1S/C11H22N2O4/c1-7(2)5-12-9(14)8(3)13-6-11(4,17)10(15)16/h7-8,13,17H,5-6H2,1-4H3,(H,12,14)(H,15,16). The molecule has 0 saturated heterocycles. The second kappa shape index (κ2) is 6.56. The van der Waals surface area contributed by atoms with Crippen LogP contribution in [0.2, 0.25) is 0 Å². The zero-order valence-electron chi connectivity index (χ0n) is 10.8. The number of carboxylic acid groups (broad SMARTS) is 1. The van der Waals surface area contributed by atoms with Gasteiger partial charge in [-0.3, -0.25) is 4.79 Å². The third kappa shape index (κ3) is 6.23. The van der Waals surface area contributed by atoms with Gasteiger partial charge in [-0.15, -0.1) is 0 Å². The first-order chi connectivity index (χ1) is 7.66. The summed E-state index contributed by atoms with van der Waals surface area (Å²) in [5, 5.41) is 23.5. The maximum Gasteiger partial charge on any atom is 0.336 e. The number of rotatable bonds is 7. The van der Waals surface area contributed by atoms with E-state index in [1.807, 2.05) is 13.8 Å². The normalized spacial score (nSPS) is 16.4. The van der Waals surface area contributed by atoms with Crippen LogP contribution in [0.15, 0.2) is 0 Å². The highest BCUT2D eigenvalue weighted by Gasteiger charge is 2.30. The van der Waals surface area contributed by atoms with Crippen LogP contribution in [0.5, 0.6) is 0 Å². The lowest BCUT2D eigenvalue weighted by atomic mass is 10.1. The summed E-state index contributed by atoms with van der Waals surface area (Å²) in [6.45, 7) is 7.15. The molecule has 0 radical (unpaired) electrons. The second-order valence-corrected chi connectivity index (χ2v) is 4.82. The number of carboxylic acids is 1. The van der Waals surface area contributed by atoms with Gasteiger partial charge in [0.15, 0.2) is 5.60 Å². The molecule has 0 aliphatic carbocycles. The lowest BCUT2D eigenvalue weighted by Gasteiger charge is -2.21. The number of carbonyl (C=O) groups excluding carboxylic acids is 1. The summed E-state index contributed by atoms with van der Waals surface area (Å²) >= 11 is 0. The van der Waals surface area contributed by atoms with Crippen molar-refractivity contribution in [3.8, 4) is 0 Å². The van der Waals surface area contributed by atoms with E-state index in [-0.39, 0.29) is 12.5 Å². The molecule has 2 atom stereocenters. The SMILES string of the molecule is CC(C)CNC(=O)C(C)NCC(C)(O)C(=O)O. The molecule has 100 valence electrons. The van der Waals surface area contributed by atoms with Gasteiger partial charge < -0.3 is 20.8 Å². The van der Waals surface area contributed by atoms with Crippen LogP contribution in [0.1, 0.15) is 27.7 Å². The van der Waals surface area contributed by atoms with Gasteiger partial charge in [-0.1, -0.05) is 13.8 Å². The Morgan fingerprint density at radius 2 is 1.82 bits per heavy atom. The summed E-state index contributed by atoms with van der Waals surface area (Å²) in [4.78, 5) is 22.2. The van der Waals surface area contributed by atoms with E-state index in [0.29, 0.717) is 12.5 Å². The highest BCUT2D eigenvalue weighted by Crippen LogP contribution is 2.01. The van der Waals surface area contributed by atoms with Gasteiger partial charge in [-0.2, -0.15) is 0 Å². The molecular formula is C11H22N2O4.